The first-order valence-corrected chi connectivity index (χ1v) is 5.19. The molecule has 1 aliphatic rings. The van der Waals surface area contributed by atoms with Crippen LogP contribution in [-0.4, -0.2) is 36.6 Å². The highest BCUT2D eigenvalue weighted by Crippen LogP contribution is 2.19. The molecule has 13 heavy (non-hydrogen) atoms. The summed E-state index contributed by atoms with van der Waals surface area (Å²) < 4.78 is 4.64. The van der Waals surface area contributed by atoms with Gasteiger partial charge in [-0.3, -0.25) is 4.79 Å². The van der Waals surface area contributed by atoms with Crippen molar-refractivity contribution in [3.05, 3.63) is 0 Å². The Bertz CT molecular complexity index is 175. The van der Waals surface area contributed by atoms with E-state index >= 15 is 0 Å². The molecule has 0 aromatic rings. The van der Waals surface area contributed by atoms with E-state index in [9.17, 15) is 4.79 Å². The van der Waals surface area contributed by atoms with E-state index in [1.54, 1.807) is 0 Å². The van der Waals surface area contributed by atoms with Gasteiger partial charge in [-0.25, -0.2) is 0 Å². The van der Waals surface area contributed by atoms with Gasteiger partial charge in [-0.2, -0.15) is 0 Å². The first kappa shape index (κ1) is 10.8. The minimum absolute atomic E-state index is 0.0284. The zero-order valence-corrected chi connectivity index (χ0v) is 8.72. The van der Waals surface area contributed by atoms with Crippen LogP contribution in [0.1, 0.15) is 25.7 Å². The number of hydrogen-bond acceptors (Lipinski definition) is 3. The van der Waals surface area contributed by atoms with Gasteiger partial charge in [-0.15, -0.1) is 0 Å². The van der Waals surface area contributed by atoms with Crippen LogP contribution in [0.4, 0.5) is 0 Å². The second-order valence-electron chi connectivity index (χ2n) is 3.44. The zero-order chi connectivity index (χ0) is 9.68. The number of rotatable bonds is 4. The van der Waals surface area contributed by atoms with Crippen molar-refractivity contribution >= 4 is 17.6 Å². The van der Waals surface area contributed by atoms with Gasteiger partial charge in [0.15, 0.2) is 6.07 Å². The molecule has 0 radical (unpaired) electrons. The van der Waals surface area contributed by atoms with Gasteiger partial charge in [0.1, 0.15) is 0 Å². The Morgan fingerprint density at radius 3 is 3.00 bits per heavy atom. The molecule has 1 rings (SSSR count). The molecule has 1 atom stereocenters. The van der Waals surface area contributed by atoms with Crippen molar-refractivity contribution in [1.82, 2.24) is 4.90 Å². The second kappa shape index (κ2) is 5.45. The van der Waals surface area contributed by atoms with E-state index in [4.69, 9.17) is 11.6 Å². The SMILES string of the molecule is CN1CCC[C@H]1CCC(=O)OCCl. The van der Waals surface area contributed by atoms with Crippen LogP contribution in [0.3, 0.4) is 0 Å². The summed E-state index contributed by atoms with van der Waals surface area (Å²) in [7, 11) is 2.10. The average Bonchev–Trinajstić information content (AvgIpc) is 2.48. The Balaban J connectivity index is 2.14. The van der Waals surface area contributed by atoms with Crippen LogP contribution < -0.4 is 0 Å². The van der Waals surface area contributed by atoms with Crippen LogP contribution in [-0.2, 0) is 9.53 Å². The van der Waals surface area contributed by atoms with Gasteiger partial charge in [0.05, 0.1) is 0 Å². The summed E-state index contributed by atoms with van der Waals surface area (Å²) in [6.45, 7) is 1.15. The molecule has 76 valence electrons. The highest BCUT2D eigenvalue weighted by Gasteiger charge is 2.21. The van der Waals surface area contributed by atoms with Gasteiger partial charge < -0.3 is 9.64 Å². The molecular weight excluding hydrogens is 190 g/mol. The van der Waals surface area contributed by atoms with Crippen molar-refractivity contribution in [3.63, 3.8) is 0 Å². The Labute approximate surface area is 84.0 Å². The molecule has 0 saturated carbocycles. The number of likely N-dealkylation sites (tertiary alicyclic amines) is 1. The van der Waals surface area contributed by atoms with Gasteiger partial charge in [0, 0.05) is 12.5 Å². The first-order chi connectivity index (χ1) is 6.24. The number of carbonyl (C=O) groups excluding carboxylic acids is 1. The summed E-state index contributed by atoms with van der Waals surface area (Å²) >= 11 is 5.27. The van der Waals surface area contributed by atoms with Crippen molar-refractivity contribution in [2.75, 3.05) is 19.7 Å². The third kappa shape index (κ3) is 3.53. The lowest BCUT2D eigenvalue weighted by Gasteiger charge is -2.18. The van der Waals surface area contributed by atoms with Gasteiger partial charge >= 0.3 is 5.97 Å². The smallest absolute Gasteiger partial charge is 0.307 e. The fraction of sp³-hybridized carbons (Fsp3) is 0.889. The molecule has 4 heteroatoms. The molecule has 1 aliphatic heterocycles. The molecule has 1 fully saturated rings. The molecule has 0 aromatic carbocycles. The third-order valence-electron chi connectivity index (χ3n) is 2.57. The standard InChI is InChI=1S/C9H16ClNO2/c1-11-6-2-3-8(11)4-5-9(12)13-7-10/h8H,2-7H2,1H3/t8-/m0/s1. The summed E-state index contributed by atoms with van der Waals surface area (Å²) in [5.41, 5.74) is 0. The average molecular weight is 206 g/mol. The fourth-order valence-corrected chi connectivity index (χ4v) is 1.88. The summed E-state index contributed by atoms with van der Waals surface area (Å²) in [5, 5.41) is 0. The molecule has 0 amide bonds. The lowest BCUT2D eigenvalue weighted by molar-refractivity contribution is -0.141. The quantitative estimate of drug-likeness (QED) is 0.516. The maximum atomic E-state index is 11.0. The summed E-state index contributed by atoms with van der Waals surface area (Å²) in [6, 6.07) is 0.530. The van der Waals surface area contributed by atoms with Crippen molar-refractivity contribution in [2.24, 2.45) is 0 Å². The van der Waals surface area contributed by atoms with E-state index in [0.29, 0.717) is 12.5 Å². The summed E-state index contributed by atoms with van der Waals surface area (Å²) in [5.74, 6) is -0.185. The predicted octanol–water partition coefficient (Wildman–Crippen LogP) is 1.60. The minimum Gasteiger partial charge on any atom is -0.449 e. The summed E-state index contributed by atoms with van der Waals surface area (Å²) in [4.78, 5) is 13.3. The summed E-state index contributed by atoms with van der Waals surface area (Å²) in [6.07, 6.45) is 3.82. The van der Waals surface area contributed by atoms with Crippen molar-refractivity contribution < 1.29 is 9.53 Å². The Hall–Kier alpha value is -0.280. The predicted molar refractivity (Wildman–Crippen MR) is 51.7 cm³/mol. The molecule has 1 saturated heterocycles. The third-order valence-corrected chi connectivity index (χ3v) is 2.68. The topological polar surface area (TPSA) is 29.5 Å². The highest BCUT2D eigenvalue weighted by atomic mass is 35.5. The van der Waals surface area contributed by atoms with E-state index < -0.39 is 0 Å². The number of carbonyl (C=O) groups is 1. The maximum absolute atomic E-state index is 11.0. The molecule has 1 heterocycles. The van der Waals surface area contributed by atoms with Crippen LogP contribution in [0.15, 0.2) is 0 Å². The van der Waals surface area contributed by atoms with E-state index in [-0.39, 0.29) is 12.0 Å². The molecule has 0 N–H and O–H groups in total. The number of hydrogen-bond donors (Lipinski definition) is 0. The van der Waals surface area contributed by atoms with Gasteiger partial charge in [0.2, 0.25) is 0 Å². The van der Waals surface area contributed by atoms with Crippen molar-refractivity contribution in [3.8, 4) is 0 Å². The van der Waals surface area contributed by atoms with Crippen LogP contribution >= 0.6 is 11.6 Å². The van der Waals surface area contributed by atoms with Crippen molar-refractivity contribution in [1.29, 1.82) is 0 Å². The fourth-order valence-electron chi connectivity index (χ4n) is 1.76. The minimum atomic E-state index is -0.185. The van der Waals surface area contributed by atoms with Gasteiger partial charge in [-0.1, -0.05) is 11.6 Å². The zero-order valence-electron chi connectivity index (χ0n) is 7.96. The first-order valence-electron chi connectivity index (χ1n) is 4.66. The monoisotopic (exact) mass is 205 g/mol. The normalized spacial score (nSPS) is 23.4. The number of nitrogens with zero attached hydrogens (tertiary/aromatic N) is 1. The van der Waals surface area contributed by atoms with E-state index in [2.05, 4.69) is 16.7 Å². The number of esters is 1. The molecule has 0 spiro atoms. The van der Waals surface area contributed by atoms with Gasteiger partial charge in [0.25, 0.3) is 0 Å². The number of ether oxygens (including phenoxy) is 1. The van der Waals surface area contributed by atoms with Crippen LogP contribution in [0.25, 0.3) is 0 Å². The van der Waals surface area contributed by atoms with Crippen molar-refractivity contribution in [2.45, 2.75) is 31.7 Å². The second-order valence-corrected chi connectivity index (χ2v) is 3.66. The van der Waals surface area contributed by atoms with E-state index in [1.165, 1.54) is 12.8 Å². The van der Waals surface area contributed by atoms with E-state index in [1.807, 2.05) is 0 Å². The highest BCUT2D eigenvalue weighted by molar-refractivity contribution is 6.17. The molecule has 0 bridgehead atoms. The maximum Gasteiger partial charge on any atom is 0.307 e. The Morgan fingerprint density at radius 1 is 1.69 bits per heavy atom. The number of halogens is 1. The number of alkyl halides is 1. The Kier molecular flexibility index (Phi) is 4.53. The van der Waals surface area contributed by atoms with Crippen LogP contribution in [0.2, 0.25) is 0 Å². The molecule has 0 aromatic heterocycles. The molecular formula is C9H16ClNO2. The molecule has 0 unspecified atom stereocenters. The van der Waals surface area contributed by atoms with Gasteiger partial charge in [-0.05, 0) is 32.9 Å². The largest absolute Gasteiger partial charge is 0.449 e. The Morgan fingerprint density at radius 2 is 2.46 bits per heavy atom. The van der Waals surface area contributed by atoms with Crippen LogP contribution in [0.5, 0.6) is 0 Å². The molecule has 0 aliphatic carbocycles. The van der Waals surface area contributed by atoms with Crippen LogP contribution in [0, 0.1) is 0 Å². The van der Waals surface area contributed by atoms with E-state index in [0.717, 1.165) is 13.0 Å². The lowest BCUT2D eigenvalue weighted by Crippen LogP contribution is -2.25. The molecule has 3 nitrogen and oxygen atoms in total. The lowest BCUT2D eigenvalue weighted by atomic mass is 10.1.